The molecule has 1 N–H and O–H groups in total. The molecule has 0 bridgehead atoms. The second-order valence-electron chi connectivity index (χ2n) is 6.62. The fraction of sp³-hybridized carbons (Fsp3) is 0.350. The van der Waals surface area contributed by atoms with Crippen molar-refractivity contribution in [2.24, 2.45) is 0 Å². The zero-order chi connectivity index (χ0) is 18.1. The Bertz CT molecular complexity index is 798. The quantitative estimate of drug-likeness (QED) is 0.842. The van der Waals surface area contributed by atoms with Crippen LogP contribution in [-0.2, 0) is 16.0 Å². The van der Waals surface area contributed by atoms with E-state index in [2.05, 4.69) is 0 Å². The third-order valence-electron chi connectivity index (χ3n) is 4.95. The Balaban J connectivity index is 1.75. The van der Waals surface area contributed by atoms with Crippen LogP contribution < -0.4 is 4.74 Å². The van der Waals surface area contributed by atoms with Crippen molar-refractivity contribution in [1.82, 2.24) is 4.90 Å². The lowest BCUT2D eigenvalue weighted by Crippen LogP contribution is -2.37. The first-order valence-corrected chi connectivity index (χ1v) is 10.0. The van der Waals surface area contributed by atoms with E-state index in [4.69, 9.17) is 4.74 Å². The maximum atomic E-state index is 12.9. The standard InChI is InChI=1S/C20H21NO4S/c22-17-10-12-25-18-9-8-15(26(24)14-5-2-1-3-6-14)13-16(18)20(17)21-11-4-7-19(21)23/h1-3,5-6,8-9,13,17,20,22H,4,7,10-12H2/t17-,20-,26?/m0/s1. The Labute approximate surface area is 155 Å². The molecule has 6 heteroatoms. The van der Waals surface area contributed by atoms with Crippen LogP contribution in [0.25, 0.3) is 0 Å². The lowest BCUT2D eigenvalue weighted by atomic mass is 9.98. The Morgan fingerprint density at radius 1 is 1.15 bits per heavy atom. The van der Waals surface area contributed by atoms with Crippen LogP contribution in [-0.4, -0.2) is 39.7 Å². The number of aliphatic hydroxyl groups excluding tert-OH is 1. The average Bonchev–Trinajstić information content (AvgIpc) is 3.01. The maximum absolute atomic E-state index is 12.9. The fourth-order valence-corrected chi connectivity index (χ4v) is 4.78. The van der Waals surface area contributed by atoms with E-state index in [1.165, 1.54) is 0 Å². The van der Waals surface area contributed by atoms with Crippen molar-refractivity contribution in [1.29, 1.82) is 0 Å². The summed E-state index contributed by atoms with van der Waals surface area (Å²) in [4.78, 5) is 15.4. The smallest absolute Gasteiger partial charge is 0.223 e. The molecule has 0 spiro atoms. The van der Waals surface area contributed by atoms with E-state index in [0.29, 0.717) is 36.6 Å². The Hall–Kier alpha value is -2.02. The van der Waals surface area contributed by atoms with Crippen molar-refractivity contribution in [3.63, 3.8) is 0 Å². The van der Waals surface area contributed by atoms with Crippen LogP contribution >= 0.6 is 0 Å². The van der Waals surface area contributed by atoms with Gasteiger partial charge in [-0.15, -0.1) is 0 Å². The number of likely N-dealkylation sites (tertiary alicyclic amines) is 1. The number of ether oxygens (including phenoxy) is 1. The molecule has 1 fully saturated rings. The van der Waals surface area contributed by atoms with Crippen LogP contribution in [0.3, 0.4) is 0 Å². The second-order valence-corrected chi connectivity index (χ2v) is 8.10. The molecule has 0 saturated carbocycles. The Morgan fingerprint density at radius 2 is 1.96 bits per heavy atom. The summed E-state index contributed by atoms with van der Waals surface area (Å²) in [5.41, 5.74) is 0.743. The Morgan fingerprint density at radius 3 is 2.69 bits per heavy atom. The van der Waals surface area contributed by atoms with Crippen molar-refractivity contribution >= 4 is 17.1 Å². The molecule has 1 saturated heterocycles. The van der Waals surface area contributed by atoms with Gasteiger partial charge in [-0.3, -0.25) is 4.79 Å². The molecular weight excluding hydrogens is 350 g/mol. The number of amides is 1. The summed E-state index contributed by atoms with van der Waals surface area (Å²) >= 11 is -1.33. The van der Waals surface area contributed by atoms with Gasteiger partial charge in [-0.2, -0.15) is 0 Å². The SMILES string of the molecule is O=C1CCCN1[C@H]1c2cc([S+]([O-])c3ccccc3)ccc2OCC[C@@H]1O. The minimum atomic E-state index is -1.33. The van der Waals surface area contributed by atoms with E-state index in [1.54, 1.807) is 17.0 Å². The summed E-state index contributed by atoms with van der Waals surface area (Å²) < 4.78 is 18.7. The molecule has 26 heavy (non-hydrogen) atoms. The predicted octanol–water partition coefficient (Wildman–Crippen LogP) is 2.66. The van der Waals surface area contributed by atoms with Crippen LogP contribution in [0.15, 0.2) is 58.3 Å². The van der Waals surface area contributed by atoms with Gasteiger partial charge in [0.15, 0.2) is 9.79 Å². The fourth-order valence-electron chi connectivity index (χ4n) is 3.68. The van der Waals surface area contributed by atoms with Gasteiger partial charge in [0, 0.05) is 42.2 Å². The predicted molar refractivity (Wildman–Crippen MR) is 97.4 cm³/mol. The number of fused-ring (bicyclic) bond motifs is 1. The van der Waals surface area contributed by atoms with Gasteiger partial charge in [-0.25, -0.2) is 0 Å². The summed E-state index contributed by atoms with van der Waals surface area (Å²) in [7, 11) is 0. The van der Waals surface area contributed by atoms with Crippen LogP contribution in [0, 0.1) is 0 Å². The lowest BCUT2D eigenvalue weighted by molar-refractivity contribution is -0.132. The number of carbonyl (C=O) groups is 1. The largest absolute Gasteiger partial charge is 0.606 e. The van der Waals surface area contributed by atoms with E-state index in [9.17, 15) is 14.5 Å². The summed E-state index contributed by atoms with van der Waals surface area (Å²) in [6.45, 7) is 1.03. The topological polar surface area (TPSA) is 72.8 Å². The highest BCUT2D eigenvalue weighted by atomic mass is 32.2. The van der Waals surface area contributed by atoms with Crippen molar-refractivity contribution in [2.75, 3.05) is 13.2 Å². The van der Waals surface area contributed by atoms with Gasteiger partial charge in [0.05, 0.1) is 18.8 Å². The molecule has 0 radical (unpaired) electrons. The monoisotopic (exact) mass is 371 g/mol. The Kier molecular flexibility index (Phi) is 4.89. The van der Waals surface area contributed by atoms with Crippen molar-refractivity contribution < 1.29 is 19.2 Å². The molecule has 136 valence electrons. The van der Waals surface area contributed by atoms with Gasteiger partial charge in [0.25, 0.3) is 0 Å². The number of aliphatic hydroxyl groups is 1. The molecule has 2 heterocycles. The van der Waals surface area contributed by atoms with E-state index in [1.807, 2.05) is 36.4 Å². The molecule has 2 aromatic carbocycles. The van der Waals surface area contributed by atoms with Gasteiger partial charge in [-0.1, -0.05) is 18.2 Å². The summed E-state index contributed by atoms with van der Waals surface area (Å²) in [5.74, 6) is 0.705. The van der Waals surface area contributed by atoms with Gasteiger partial charge in [-0.05, 0) is 30.7 Å². The minimum absolute atomic E-state index is 0.0523. The normalized spacial score (nSPS) is 23.9. The number of carbonyl (C=O) groups excluding carboxylic acids is 1. The van der Waals surface area contributed by atoms with Crippen LogP contribution in [0.1, 0.15) is 30.9 Å². The number of hydrogen-bond donors (Lipinski definition) is 1. The number of nitrogens with zero attached hydrogens (tertiary/aromatic N) is 1. The molecule has 3 atom stereocenters. The first-order valence-electron chi connectivity index (χ1n) is 8.86. The number of benzene rings is 2. The van der Waals surface area contributed by atoms with Gasteiger partial charge in [0.1, 0.15) is 5.75 Å². The molecular formula is C20H21NO4S. The first kappa shape index (κ1) is 17.4. The molecule has 2 aliphatic rings. The zero-order valence-electron chi connectivity index (χ0n) is 14.3. The number of rotatable bonds is 3. The lowest BCUT2D eigenvalue weighted by Gasteiger charge is -2.31. The van der Waals surface area contributed by atoms with E-state index < -0.39 is 23.3 Å². The molecule has 0 aromatic heterocycles. The third-order valence-corrected chi connectivity index (χ3v) is 6.34. The van der Waals surface area contributed by atoms with Crippen molar-refractivity contribution in [3.8, 4) is 5.75 Å². The van der Waals surface area contributed by atoms with Crippen LogP contribution in [0.4, 0.5) is 0 Å². The molecule has 1 amide bonds. The summed E-state index contributed by atoms with van der Waals surface area (Å²) in [5, 5.41) is 10.7. The highest BCUT2D eigenvalue weighted by molar-refractivity contribution is 7.91. The summed E-state index contributed by atoms with van der Waals surface area (Å²) in [6.07, 6.45) is 1.07. The first-order chi connectivity index (χ1) is 12.6. The van der Waals surface area contributed by atoms with Gasteiger partial charge in [0.2, 0.25) is 5.91 Å². The zero-order valence-corrected chi connectivity index (χ0v) is 15.2. The maximum Gasteiger partial charge on any atom is 0.223 e. The van der Waals surface area contributed by atoms with Gasteiger partial charge < -0.3 is 19.3 Å². The molecule has 2 aliphatic heterocycles. The highest BCUT2D eigenvalue weighted by Gasteiger charge is 2.37. The van der Waals surface area contributed by atoms with E-state index in [-0.39, 0.29) is 5.91 Å². The van der Waals surface area contributed by atoms with Crippen molar-refractivity contribution in [2.45, 2.75) is 41.2 Å². The molecule has 2 aromatic rings. The van der Waals surface area contributed by atoms with Crippen LogP contribution in [0.2, 0.25) is 0 Å². The summed E-state index contributed by atoms with van der Waals surface area (Å²) in [6, 6.07) is 14.2. The highest BCUT2D eigenvalue weighted by Crippen LogP contribution is 2.39. The minimum Gasteiger partial charge on any atom is -0.606 e. The second kappa shape index (κ2) is 7.31. The van der Waals surface area contributed by atoms with E-state index in [0.717, 1.165) is 16.9 Å². The van der Waals surface area contributed by atoms with Crippen LogP contribution in [0.5, 0.6) is 5.75 Å². The molecule has 4 rings (SSSR count). The van der Waals surface area contributed by atoms with E-state index >= 15 is 0 Å². The molecule has 1 unspecified atom stereocenters. The van der Waals surface area contributed by atoms with Gasteiger partial charge >= 0.3 is 0 Å². The molecule has 5 nitrogen and oxygen atoms in total. The molecule has 0 aliphatic carbocycles. The number of hydrogen-bond acceptors (Lipinski definition) is 4. The average molecular weight is 371 g/mol. The van der Waals surface area contributed by atoms with Crippen molar-refractivity contribution in [3.05, 3.63) is 54.1 Å². The third kappa shape index (κ3) is 3.20.